The Morgan fingerprint density at radius 1 is 1.11 bits per heavy atom. The molecule has 3 aliphatic rings. The monoisotopic (exact) mass is 530 g/mol. The van der Waals surface area contributed by atoms with E-state index in [1.807, 2.05) is 24.3 Å². The Bertz CT molecular complexity index is 985. The number of benzene rings is 1. The Morgan fingerprint density at radius 3 is 2.41 bits per heavy atom. The lowest BCUT2D eigenvalue weighted by molar-refractivity contribution is -0.139. The molecule has 3 unspecified atom stereocenters. The standard InChI is InChI=1S/C28H42N4O4S/c1-5-31(6-2)20-13-11-19(12-14-20)30-26(35)24-28-18(3)17-21(37-28)22(25(34)29-4)23(28)27(36)32(24)15-9-7-8-10-16-33/h11-14,18,21-24,33H,5-10,15-17H2,1-4H3,(H,29,34)(H,30,35)/t18?,21-,22+,23-,24?,28?/m0/s1. The van der Waals surface area contributed by atoms with E-state index in [0.717, 1.165) is 50.9 Å². The summed E-state index contributed by atoms with van der Waals surface area (Å²) in [6, 6.07) is 7.26. The Morgan fingerprint density at radius 2 is 1.78 bits per heavy atom. The van der Waals surface area contributed by atoms with Crippen LogP contribution >= 0.6 is 11.8 Å². The van der Waals surface area contributed by atoms with Gasteiger partial charge in [-0.15, -0.1) is 11.8 Å². The number of nitrogens with zero attached hydrogens (tertiary/aromatic N) is 2. The van der Waals surface area contributed by atoms with Gasteiger partial charge in [0.1, 0.15) is 6.04 Å². The van der Waals surface area contributed by atoms with Gasteiger partial charge >= 0.3 is 0 Å². The molecule has 3 aliphatic heterocycles. The van der Waals surface area contributed by atoms with Crippen molar-refractivity contribution in [3.05, 3.63) is 24.3 Å². The maximum absolute atomic E-state index is 14.0. The van der Waals surface area contributed by atoms with E-state index in [1.165, 1.54) is 0 Å². The highest BCUT2D eigenvalue weighted by atomic mass is 32.2. The van der Waals surface area contributed by atoms with Gasteiger partial charge in [0.2, 0.25) is 17.7 Å². The maximum atomic E-state index is 14.0. The zero-order chi connectivity index (χ0) is 26.7. The first-order valence-electron chi connectivity index (χ1n) is 13.8. The third kappa shape index (κ3) is 4.85. The lowest BCUT2D eigenvalue weighted by Crippen LogP contribution is -2.55. The summed E-state index contributed by atoms with van der Waals surface area (Å²) in [4.78, 5) is 44.9. The fourth-order valence-corrected chi connectivity index (χ4v) is 9.25. The van der Waals surface area contributed by atoms with Gasteiger partial charge in [0.05, 0.1) is 16.6 Å². The number of carbonyl (C=O) groups is 3. The molecule has 0 aromatic heterocycles. The summed E-state index contributed by atoms with van der Waals surface area (Å²) in [6.45, 7) is 8.84. The van der Waals surface area contributed by atoms with Crippen LogP contribution in [0.1, 0.15) is 52.9 Å². The Kier molecular flexibility index (Phi) is 8.74. The van der Waals surface area contributed by atoms with E-state index in [2.05, 4.69) is 36.3 Å². The third-order valence-electron chi connectivity index (χ3n) is 8.61. The Labute approximate surface area is 224 Å². The molecule has 3 N–H and O–H groups in total. The third-order valence-corrected chi connectivity index (χ3v) is 10.7. The molecule has 3 fully saturated rings. The highest BCUT2D eigenvalue weighted by molar-refractivity contribution is 8.02. The molecule has 1 aromatic carbocycles. The summed E-state index contributed by atoms with van der Waals surface area (Å²) in [5.74, 6) is -1.06. The molecule has 0 radical (unpaired) electrons. The topological polar surface area (TPSA) is 102 Å². The second-order valence-corrected chi connectivity index (χ2v) is 12.1. The second-order valence-electron chi connectivity index (χ2n) is 10.5. The number of thioether (sulfide) groups is 1. The minimum absolute atomic E-state index is 0.0549. The van der Waals surface area contributed by atoms with Crippen LogP contribution in [-0.4, -0.2) is 77.1 Å². The van der Waals surface area contributed by atoms with E-state index in [-0.39, 0.29) is 35.5 Å². The van der Waals surface area contributed by atoms with Crippen LogP contribution in [0, 0.1) is 17.8 Å². The van der Waals surface area contributed by atoms with Crippen molar-refractivity contribution in [2.75, 3.05) is 43.5 Å². The predicted molar refractivity (Wildman–Crippen MR) is 149 cm³/mol. The zero-order valence-electron chi connectivity index (χ0n) is 22.5. The smallest absolute Gasteiger partial charge is 0.248 e. The van der Waals surface area contributed by atoms with E-state index >= 15 is 0 Å². The van der Waals surface area contributed by atoms with Crippen molar-refractivity contribution >= 4 is 40.9 Å². The van der Waals surface area contributed by atoms with Gasteiger partial charge in [0, 0.05) is 49.9 Å². The van der Waals surface area contributed by atoms with Gasteiger partial charge in [-0.1, -0.05) is 19.8 Å². The van der Waals surface area contributed by atoms with Crippen molar-refractivity contribution in [2.24, 2.45) is 17.8 Å². The quantitative estimate of drug-likeness (QED) is 0.359. The van der Waals surface area contributed by atoms with Gasteiger partial charge in [0.25, 0.3) is 0 Å². The normalized spacial score (nSPS) is 29.9. The number of aliphatic hydroxyl groups is 1. The number of aliphatic hydroxyl groups excluding tert-OH is 1. The van der Waals surface area contributed by atoms with E-state index in [0.29, 0.717) is 12.2 Å². The second kappa shape index (κ2) is 11.6. The number of carbonyl (C=O) groups excluding carboxylic acids is 3. The summed E-state index contributed by atoms with van der Waals surface area (Å²) in [5.41, 5.74) is 1.82. The largest absolute Gasteiger partial charge is 0.396 e. The number of hydrogen-bond donors (Lipinski definition) is 3. The average molecular weight is 531 g/mol. The van der Waals surface area contributed by atoms with E-state index < -0.39 is 22.6 Å². The van der Waals surface area contributed by atoms with Crippen LogP contribution in [0.4, 0.5) is 11.4 Å². The Hall–Kier alpha value is -2.26. The minimum Gasteiger partial charge on any atom is -0.396 e. The first-order chi connectivity index (χ1) is 17.8. The summed E-state index contributed by atoms with van der Waals surface area (Å²) in [5, 5.41) is 15.0. The molecule has 4 rings (SSSR count). The number of unbranched alkanes of at least 4 members (excludes halogenated alkanes) is 3. The fourth-order valence-electron chi connectivity index (χ4n) is 6.83. The van der Waals surface area contributed by atoms with Crippen LogP contribution in [0.3, 0.4) is 0 Å². The van der Waals surface area contributed by atoms with E-state index in [1.54, 1.807) is 23.7 Å². The van der Waals surface area contributed by atoms with Crippen molar-refractivity contribution in [2.45, 2.75) is 68.9 Å². The molecular weight excluding hydrogens is 488 g/mol. The molecule has 204 valence electrons. The molecular formula is C28H42N4O4S. The molecule has 3 saturated heterocycles. The van der Waals surface area contributed by atoms with Gasteiger partial charge in [-0.2, -0.15) is 0 Å². The Balaban J connectivity index is 1.61. The van der Waals surface area contributed by atoms with E-state index in [9.17, 15) is 14.4 Å². The molecule has 3 heterocycles. The predicted octanol–water partition coefficient (Wildman–Crippen LogP) is 3.11. The SMILES string of the molecule is CCN(CC)c1ccc(NC(=O)C2N(CCCCCCO)C(=O)[C@@H]3[C@H](C(=O)NC)[C@@H]4CC(C)C23S4)cc1. The van der Waals surface area contributed by atoms with Gasteiger partial charge in [-0.3, -0.25) is 14.4 Å². The van der Waals surface area contributed by atoms with Crippen LogP contribution in [-0.2, 0) is 14.4 Å². The number of amides is 3. The number of fused-ring (bicyclic) bond motifs is 1. The molecule has 1 aromatic rings. The summed E-state index contributed by atoms with van der Waals surface area (Å²) in [6.07, 6.45) is 4.11. The fraction of sp³-hybridized carbons (Fsp3) is 0.679. The van der Waals surface area contributed by atoms with E-state index in [4.69, 9.17) is 5.11 Å². The van der Waals surface area contributed by atoms with Crippen molar-refractivity contribution in [3.8, 4) is 0 Å². The van der Waals surface area contributed by atoms with Crippen LogP contribution in [0.25, 0.3) is 0 Å². The highest BCUT2D eigenvalue weighted by Crippen LogP contribution is 2.68. The van der Waals surface area contributed by atoms with Crippen LogP contribution < -0.4 is 15.5 Å². The van der Waals surface area contributed by atoms with Crippen LogP contribution in [0.2, 0.25) is 0 Å². The molecule has 8 nitrogen and oxygen atoms in total. The maximum Gasteiger partial charge on any atom is 0.248 e. The summed E-state index contributed by atoms with van der Waals surface area (Å²) in [7, 11) is 1.62. The number of anilines is 2. The van der Waals surface area contributed by atoms with Crippen LogP contribution in [0.5, 0.6) is 0 Å². The van der Waals surface area contributed by atoms with Crippen molar-refractivity contribution in [1.29, 1.82) is 0 Å². The first kappa shape index (κ1) is 27.8. The molecule has 3 amide bonds. The first-order valence-corrected chi connectivity index (χ1v) is 14.7. The molecule has 9 heteroatoms. The summed E-state index contributed by atoms with van der Waals surface area (Å²) < 4.78 is -0.602. The van der Waals surface area contributed by atoms with Crippen molar-refractivity contribution in [3.63, 3.8) is 0 Å². The number of nitrogens with one attached hydrogen (secondary N) is 2. The van der Waals surface area contributed by atoms with Gasteiger partial charge in [-0.25, -0.2) is 0 Å². The molecule has 1 spiro atoms. The summed E-state index contributed by atoms with van der Waals surface area (Å²) >= 11 is 1.70. The van der Waals surface area contributed by atoms with Gasteiger partial charge in [-0.05, 0) is 63.3 Å². The van der Waals surface area contributed by atoms with Gasteiger partial charge < -0.3 is 25.5 Å². The average Bonchev–Trinajstić information content (AvgIpc) is 3.49. The van der Waals surface area contributed by atoms with Crippen molar-refractivity contribution < 1.29 is 19.5 Å². The van der Waals surface area contributed by atoms with Gasteiger partial charge in [0.15, 0.2) is 0 Å². The lowest BCUT2D eigenvalue weighted by atomic mass is 9.66. The molecule has 0 aliphatic carbocycles. The lowest BCUT2D eigenvalue weighted by Gasteiger charge is -2.38. The molecule has 37 heavy (non-hydrogen) atoms. The highest BCUT2D eigenvalue weighted by Gasteiger charge is 2.75. The number of likely N-dealkylation sites (tertiary alicyclic amines) is 1. The molecule has 2 bridgehead atoms. The minimum atomic E-state index is -0.620. The number of hydrogen-bond acceptors (Lipinski definition) is 6. The zero-order valence-corrected chi connectivity index (χ0v) is 23.4. The van der Waals surface area contributed by atoms with Crippen LogP contribution in [0.15, 0.2) is 24.3 Å². The molecule has 0 saturated carbocycles. The molecule has 6 atom stereocenters. The number of rotatable bonds is 12. The van der Waals surface area contributed by atoms with Crippen molar-refractivity contribution in [1.82, 2.24) is 10.2 Å².